The van der Waals surface area contributed by atoms with Crippen LogP contribution < -0.4 is 24.8 Å². The molecule has 2 heterocycles. The van der Waals surface area contributed by atoms with Gasteiger partial charge in [0, 0.05) is 23.3 Å². The lowest BCUT2D eigenvalue weighted by atomic mass is 10.2. The lowest BCUT2D eigenvalue weighted by Crippen LogP contribution is -2.36. The van der Waals surface area contributed by atoms with Crippen LogP contribution in [0.15, 0.2) is 73.1 Å². The van der Waals surface area contributed by atoms with Crippen LogP contribution in [0.25, 0.3) is 21.8 Å². The van der Waals surface area contributed by atoms with Crippen LogP contribution in [0.4, 0.5) is 14.9 Å². The number of carbonyl (C=O) groups is 2. The normalized spacial score (nSPS) is 10.8. The van der Waals surface area contributed by atoms with E-state index in [1.54, 1.807) is 68.9 Å². The van der Waals surface area contributed by atoms with Gasteiger partial charge in [0.15, 0.2) is 11.5 Å². The fourth-order valence-electron chi connectivity index (χ4n) is 3.93. The van der Waals surface area contributed by atoms with E-state index in [2.05, 4.69) is 20.7 Å². The highest BCUT2D eigenvalue weighted by molar-refractivity contribution is 6.01. The highest BCUT2D eigenvalue weighted by Crippen LogP contribution is 2.37. The zero-order valence-electron chi connectivity index (χ0n) is 20.4. The second kappa shape index (κ2) is 10.4. The second-order valence-electron chi connectivity index (χ2n) is 8.14. The highest BCUT2D eigenvalue weighted by Gasteiger charge is 2.14. The summed E-state index contributed by atoms with van der Waals surface area (Å²) in [5.41, 5.74) is 1.57. The van der Waals surface area contributed by atoms with Gasteiger partial charge >= 0.3 is 6.03 Å². The molecule has 0 radical (unpaired) electrons. The molecule has 0 bridgehead atoms. The molecular weight excluding hydrogens is 493 g/mol. The molecule has 0 aliphatic carbocycles. The molecule has 5 rings (SSSR count). The topological polar surface area (TPSA) is 117 Å². The second-order valence-corrected chi connectivity index (χ2v) is 8.14. The Hall–Kier alpha value is -5.19. The molecule has 3 aromatic carbocycles. The largest absolute Gasteiger partial charge is 0.493 e. The van der Waals surface area contributed by atoms with E-state index >= 15 is 0 Å². The lowest BCUT2D eigenvalue weighted by molar-refractivity contribution is -0.120. The number of ether oxygens (including phenoxy) is 3. The van der Waals surface area contributed by atoms with Crippen LogP contribution in [-0.4, -0.2) is 40.9 Å². The minimum absolute atomic E-state index is 0.246. The number of fused-ring (bicyclic) bond motifs is 2. The molecule has 11 heteroatoms. The Morgan fingerprint density at radius 3 is 2.47 bits per heavy atom. The third-order valence-corrected chi connectivity index (χ3v) is 5.73. The number of benzene rings is 3. The molecule has 5 aromatic rings. The molecule has 0 aliphatic rings. The van der Waals surface area contributed by atoms with E-state index < -0.39 is 17.8 Å². The molecule has 0 atom stereocenters. The van der Waals surface area contributed by atoms with Gasteiger partial charge in [0.2, 0.25) is 5.91 Å². The Balaban J connectivity index is 1.22. The number of carbonyl (C=O) groups excluding carboxylic acids is 2. The third kappa shape index (κ3) is 5.03. The summed E-state index contributed by atoms with van der Waals surface area (Å²) in [4.78, 5) is 29.0. The van der Waals surface area contributed by atoms with Gasteiger partial charge in [-0.15, -0.1) is 0 Å². The SMILES string of the molecule is COc1cc2nccc(Oc3ccc(NC(=O)NC(=O)Cn4ncc5c(F)cccc54)cc3)c2cc1OC. The van der Waals surface area contributed by atoms with E-state index in [0.29, 0.717) is 45.1 Å². The van der Waals surface area contributed by atoms with E-state index in [-0.39, 0.29) is 6.54 Å². The van der Waals surface area contributed by atoms with Crippen LogP contribution in [0, 0.1) is 5.82 Å². The Morgan fingerprint density at radius 2 is 1.71 bits per heavy atom. The molecular formula is C27H22FN5O5. The van der Waals surface area contributed by atoms with Gasteiger partial charge in [-0.2, -0.15) is 5.10 Å². The molecule has 2 N–H and O–H groups in total. The van der Waals surface area contributed by atoms with Crippen molar-refractivity contribution in [3.05, 3.63) is 78.9 Å². The monoisotopic (exact) mass is 515 g/mol. The molecule has 0 unspecified atom stereocenters. The zero-order chi connectivity index (χ0) is 26.6. The minimum Gasteiger partial charge on any atom is -0.493 e. The van der Waals surface area contributed by atoms with Crippen molar-refractivity contribution in [2.75, 3.05) is 19.5 Å². The fraction of sp³-hybridized carbons (Fsp3) is 0.111. The molecule has 0 saturated heterocycles. The summed E-state index contributed by atoms with van der Waals surface area (Å²) in [6.45, 7) is -0.246. The predicted octanol–water partition coefficient (Wildman–Crippen LogP) is 4.88. The first kappa shape index (κ1) is 24.5. The minimum atomic E-state index is -0.715. The summed E-state index contributed by atoms with van der Waals surface area (Å²) in [7, 11) is 3.11. The Morgan fingerprint density at radius 1 is 0.947 bits per heavy atom. The molecule has 0 spiro atoms. The molecule has 0 fully saturated rings. The maximum atomic E-state index is 13.8. The summed E-state index contributed by atoms with van der Waals surface area (Å²) in [5.74, 6) is 1.15. The maximum Gasteiger partial charge on any atom is 0.325 e. The van der Waals surface area contributed by atoms with Crippen LogP contribution >= 0.6 is 0 Å². The van der Waals surface area contributed by atoms with Crippen molar-refractivity contribution in [2.45, 2.75) is 6.54 Å². The Kier molecular flexibility index (Phi) is 6.72. The maximum absolute atomic E-state index is 13.8. The number of anilines is 1. The molecule has 10 nitrogen and oxygen atoms in total. The van der Waals surface area contributed by atoms with Gasteiger partial charge in [-0.3, -0.25) is 19.8 Å². The number of hydrogen-bond acceptors (Lipinski definition) is 7. The smallest absolute Gasteiger partial charge is 0.325 e. The number of methoxy groups -OCH3 is 2. The van der Waals surface area contributed by atoms with E-state index in [4.69, 9.17) is 14.2 Å². The van der Waals surface area contributed by atoms with Gasteiger partial charge in [0.05, 0.1) is 36.8 Å². The quantitative estimate of drug-likeness (QED) is 0.317. The van der Waals surface area contributed by atoms with Crippen LogP contribution in [-0.2, 0) is 11.3 Å². The number of pyridine rings is 1. The first-order valence-electron chi connectivity index (χ1n) is 11.4. The molecule has 0 saturated carbocycles. The Labute approximate surface area is 215 Å². The average molecular weight is 516 g/mol. The summed E-state index contributed by atoms with van der Waals surface area (Å²) < 4.78 is 31.9. The van der Waals surface area contributed by atoms with Crippen molar-refractivity contribution >= 4 is 39.4 Å². The predicted molar refractivity (Wildman–Crippen MR) is 138 cm³/mol. The number of hydrogen-bond donors (Lipinski definition) is 2. The van der Waals surface area contributed by atoms with E-state index in [1.807, 2.05) is 0 Å². The number of nitrogens with zero attached hydrogens (tertiary/aromatic N) is 3. The third-order valence-electron chi connectivity index (χ3n) is 5.73. The van der Waals surface area contributed by atoms with Crippen LogP contribution in [0.2, 0.25) is 0 Å². The van der Waals surface area contributed by atoms with Crippen molar-refractivity contribution in [1.82, 2.24) is 20.1 Å². The molecule has 192 valence electrons. The summed E-state index contributed by atoms with van der Waals surface area (Å²) >= 11 is 0. The van der Waals surface area contributed by atoms with Crippen molar-refractivity contribution in [3.8, 4) is 23.0 Å². The van der Waals surface area contributed by atoms with E-state index in [1.165, 1.54) is 23.0 Å². The highest BCUT2D eigenvalue weighted by atomic mass is 19.1. The van der Waals surface area contributed by atoms with Crippen molar-refractivity contribution in [1.29, 1.82) is 0 Å². The number of aromatic nitrogens is 3. The lowest BCUT2D eigenvalue weighted by Gasteiger charge is -2.13. The molecule has 0 aliphatic heterocycles. The average Bonchev–Trinajstić information content (AvgIpc) is 3.32. The fourth-order valence-corrected chi connectivity index (χ4v) is 3.93. The van der Waals surface area contributed by atoms with Crippen LogP contribution in [0.1, 0.15) is 0 Å². The number of imide groups is 1. The first-order chi connectivity index (χ1) is 18.4. The van der Waals surface area contributed by atoms with Gasteiger partial charge in [0.1, 0.15) is 23.9 Å². The molecule has 3 amide bonds. The van der Waals surface area contributed by atoms with Crippen LogP contribution in [0.3, 0.4) is 0 Å². The standard InChI is InChI=1S/C27H22FN5O5/c1-36-24-12-18-21(13-25(24)37-2)29-11-10-23(18)38-17-8-6-16(7-9-17)31-27(35)32-26(34)15-33-22-5-3-4-20(28)19(22)14-30-33/h3-14H,15H2,1-2H3,(H2,31,32,34,35). The Bertz CT molecular complexity index is 1650. The van der Waals surface area contributed by atoms with Gasteiger partial charge < -0.3 is 19.5 Å². The first-order valence-corrected chi connectivity index (χ1v) is 11.4. The number of nitrogens with one attached hydrogen (secondary N) is 2. The van der Waals surface area contributed by atoms with Gasteiger partial charge in [-0.05, 0) is 48.5 Å². The number of rotatable bonds is 7. The van der Waals surface area contributed by atoms with Gasteiger partial charge in [-0.1, -0.05) is 6.07 Å². The van der Waals surface area contributed by atoms with E-state index in [0.717, 1.165) is 5.39 Å². The van der Waals surface area contributed by atoms with Gasteiger partial charge in [0.25, 0.3) is 0 Å². The number of urea groups is 1. The summed E-state index contributed by atoms with van der Waals surface area (Å²) in [6, 6.07) is 15.7. The van der Waals surface area contributed by atoms with Crippen LogP contribution in [0.5, 0.6) is 23.0 Å². The van der Waals surface area contributed by atoms with E-state index in [9.17, 15) is 14.0 Å². The molecule has 2 aromatic heterocycles. The summed E-state index contributed by atoms with van der Waals surface area (Å²) in [6.07, 6.45) is 2.97. The zero-order valence-corrected chi connectivity index (χ0v) is 20.4. The van der Waals surface area contributed by atoms with Crippen molar-refractivity contribution in [2.24, 2.45) is 0 Å². The number of amides is 3. The molecule has 38 heavy (non-hydrogen) atoms. The van der Waals surface area contributed by atoms with Crippen molar-refractivity contribution in [3.63, 3.8) is 0 Å². The van der Waals surface area contributed by atoms with Crippen molar-refractivity contribution < 1.29 is 28.2 Å². The van der Waals surface area contributed by atoms with Gasteiger partial charge in [-0.25, -0.2) is 9.18 Å². The summed E-state index contributed by atoms with van der Waals surface area (Å²) in [5, 5.41) is 9.88. The number of halogens is 1.